The zero-order chi connectivity index (χ0) is 15.2. The fraction of sp³-hybridized carbons (Fsp3) is 0.733. The second-order valence-corrected chi connectivity index (χ2v) is 5.76. The van der Waals surface area contributed by atoms with Crippen LogP contribution in [0, 0.1) is 5.92 Å². The summed E-state index contributed by atoms with van der Waals surface area (Å²) in [4.78, 5) is 14.2. The highest BCUT2D eigenvalue weighted by Crippen LogP contribution is 2.15. The van der Waals surface area contributed by atoms with E-state index in [0.717, 1.165) is 25.3 Å². The van der Waals surface area contributed by atoms with Crippen LogP contribution in [0.1, 0.15) is 35.8 Å². The van der Waals surface area contributed by atoms with E-state index in [1.54, 1.807) is 10.9 Å². The van der Waals surface area contributed by atoms with Crippen LogP contribution in [0.3, 0.4) is 0 Å². The van der Waals surface area contributed by atoms with Crippen LogP contribution in [0.25, 0.3) is 0 Å². The number of hydrogen-bond donors (Lipinski definition) is 1. The van der Waals surface area contributed by atoms with Crippen molar-refractivity contribution in [2.24, 2.45) is 13.0 Å². The molecule has 1 aromatic rings. The van der Waals surface area contributed by atoms with Gasteiger partial charge in [-0.3, -0.25) is 4.68 Å². The number of rotatable bonds is 6. The molecular formula is C15H26N4O2. The van der Waals surface area contributed by atoms with Crippen molar-refractivity contribution in [1.82, 2.24) is 20.0 Å². The predicted molar refractivity (Wildman–Crippen MR) is 81.1 cm³/mol. The van der Waals surface area contributed by atoms with E-state index in [-0.39, 0.29) is 5.97 Å². The molecule has 118 valence electrons. The lowest BCUT2D eigenvalue weighted by molar-refractivity contribution is 0.0523. The summed E-state index contributed by atoms with van der Waals surface area (Å²) < 4.78 is 6.86. The first kappa shape index (κ1) is 16.0. The van der Waals surface area contributed by atoms with Crippen LogP contribution in [-0.2, 0) is 18.3 Å². The zero-order valence-electron chi connectivity index (χ0n) is 13.3. The summed E-state index contributed by atoms with van der Waals surface area (Å²) in [5.41, 5.74) is 1.49. The van der Waals surface area contributed by atoms with Crippen molar-refractivity contribution < 1.29 is 9.53 Å². The molecule has 0 aromatic carbocycles. The molecular weight excluding hydrogens is 268 g/mol. The molecule has 1 aliphatic rings. The normalized spacial score (nSPS) is 19.0. The topological polar surface area (TPSA) is 59.4 Å². The maximum Gasteiger partial charge on any atom is 0.341 e. The van der Waals surface area contributed by atoms with Gasteiger partial charge in [-0.2, -0.15) is 5.10 Å². The van der Waals surface area contributed by atoms with Crippen LogP contribution in [0.15, 0.2) is 6.20 Å². The summed E-state index contributed by atoms with van der Waals surface area (Å²) in [6.45, 7) is 6.16. The van der Waals surface area contributed by atoms with Crippen molar-refractivity contribution in [3.63, 3.8) is 0 Å². The molecule has 2 rings (SSSR count). The number of hydrogen-bond acceptors (Lipinski definition) is 5. The lowest BCUT2D eigenvalue weighted by atomic mass is 9.99. The Hall–Kier alpha value is -1.40. The van der Waals surface area contributed by atoms with Crippen LogP contribution in [0.2, 0.25) is 0 Å². The van der Waals surface area contributed by atoms with Crippen molar-refractivity contribution in [3.05, 3.63) is 17.5 Å². The van der Waals surface area contributed by atoms with E-state index in [0.29, 0.717) is 24.6 Å². The van der Waals surface area contributed by atoms with E-state index in [4.69, 9.17) is 4.74 Å². The fourth-order valence-corrected chi connectivity index (χ4v) is 2.87. The third kappa shape index (κ3) is 4.28. The van der Waals surface area contributed by atoms with E-state index >= 15 is 0 Å². The molecule has 1 aromatic heterocycles. The molecule has 6 heteroatoms. The van der Waals surface area contributed by atoms with Gasteiger partial charge in [0.1, 0.15) is 5.56 Å². The number of piperidine rings is 1. The Bertz CT molecular complexity index is 466. The second-order valence-electron chi connectivity index (χ2n) is 5.76. The van der Waals surface area contributed by atoms with Gasteiger partial charge < -0.3 is 15.0 Å². The molecule has 0 aliphatic carbocycles. The summed E-state index contributed by atoms with van der Waals surface area (Å²) in [7, 11) is 3.96. The minimum Gasteiger partial charge on any atom is -0.462 e. The Labute approximate surface area is 126 Å². The molecule has 1 N–H and O–H groups in total. The Morgan fingerprint density at radius 1 is 1.62 bits per heavy atom. The molecule has 0 radical (unpaired) electrons. The van der Waals surface area contributed by atoms with Gasteiger partial charge in [0, 0.05) is 20.1 Å². The monoisotopic (exact) mass is 294 g/mol. The molecule has 0 spiro atoms. The summed E-state index contributed by atoms with van der Waals surface area (Å²) >= 11 is 0. The van der Waals surface area contributed by atoms with Crippen molar-refractivity contribution >= 4 is 5.97 Å². The average molecular weight is 294 g/mol. The molecule has 2 heterocycles. The summed E-state index contributed by atoms with van der Waals surface area (Å²) in [6, 6.07) is 0. The molecule has 1 unspecified atom stereocenters. The highest BCUT2D eigenvalue weighted by molar-refractivity contribution is 5.90. The predicted octanol–water partition coefficient (Wildman–Crippen LogP) is 1.03. The van der Waals surface area contributed by atoms with Gasteiger partial charge in [-0.1, -0.05) is 0 Å². The Morgan fingerprint density at radius 2 is 2.43 bits per heavy atom. The van der Waals surface area contributed by atoms with Gasteiger partial charge in [0.15, 0.2) is 0 Å². The number of aromatic nitrogens is 2. The van der Waals surface area contributed by atoms with Crippen LogP contribution in [-0.4, -0.2) is 53.9 Å². The molecule has 0 amide bonds. The molecule has 6 nitrogen and oxygen atoms in total. The van der Waals surface area contributed by atoms with Crippen LogP contribution in [0.5, 0.6) is 0 Å². The number of carbonyl (C=O) groups excluding carboxylic acids is 1. The zero-order valence-corrected chi connectivity index (χ0v) is 13.3. The van der Waals surface area contributed by atoms with Crippen molar-refractivity contribution in [2.75, 3.05) is 33.3 Å². The van der Waals surface area contributed by atoms with E-state index in [1.165, 1.54) is 12.8 Å². The lowest BCUT2D eigenvalue weighted by Crippen LogP contribution is -2.37. The minimum atomic E-state index is -0.284. The molecule has 0 saturated carbocycles. The highest BCUT2D eigenvalue weighted by Gasteiger charge is 2.20. The third-order valence-corrected chi connectivity index (χ3v) is 3.95. The lowest BCUT2D eigenvalue weighted by Gasteiger charge is -2.27. The maximum atomic E-state index is 11.9. The number of aryl methyl sites for hydroxylation is 1. The Morgan fingerprint density at radius 3 is 3.10 bits per heavy atom. The molecule has 0 bridgehead atoms. The van der Waals surface area contributed by atoms with Crippen molar-refractivity contribution in [1.29, 1.82) is 0 Å². The van der Waals surface area contributed by atoms with Crippen LogP contribution >= 0.6 is 0 Å². The van der Waals surface area contributed by atoms with Gasteiger partial charge in [0.2, 0.25) is 0 Å². The fourth-order valence-electron chi connectivity index (χ4n) is 2.87. The largest absolute Gasteiger partial charge is 0.462 e. The highest BCUT2D eigenvalue weighted by atomic mass is 16.5. The second kappa shape index (κ2) is 7.56. The van der Waals surface area contributed by atoms with Crippen LogP contribution in [0.4, 0.5) is 0 Å². The Kier molecular flexibility index (Phi) is 5.76. The number of ether oxygens (including phenoxy) is 1. The summed E-state index contributed by atoms with van der Waals surface area (Å²) in [5, 5.41) is 7.64. The number of nitrogens with zero attached hydrogens (tertiary/aromatic N) is 3. The van der Waals surface area contributed by atoms with E-state index in [1.807, 2.05) is 14.0 Å². The van der Waals surface area contributed by atoms with Crippen LogP contribution < -0.4 is 5.32 Å². The number of nitrogens with one attached hydrogen (secondary N) is 1. The number of carbonyl (C=O) groups is 1. The van der Waals surface area contributed by atoms with Gasteiger partial charge in [-0.15, -0.1) is 0 Å². The Balaban J connectivity index is 1.97. The van der Waals surface area contributed by atoms with Gasteiger partial charge in [-0.05, 0) is 45.8 Å². The smallest absolute Gasteiger partial charge is 0.341 e. The van der Waals surface area contributed by atoms with Gasteiger partial charge in [-0.25, -0.2) is 4.79 Å². The molecule has 21 heavy (non-hydrogen) atoms. The molecule has 1 saturated heterocycles. The first-order valence-corrected chi connectivity index (χ1v) is 7.69. The third-order valence-electron chi connectivity index (χ3n) is 3.95. The summed E-state index contributed by atoms with van der Waals surface area (Å²) in [6.07, 6.45) is 4.12. The van der Waals surface area contributed by atoms with Crippen molar-refractivity contribution in [3.8, 4) is 0 Å². The van der Waals surface area contributed by atoms with Gasteiger partial charge in [0.05, 0.1) is 18.5 Å². The quantitative estimate of drug-likeness (QED) is 0.794. The number of esters is 1. The van der Waals surface area contributed by atoms with Crippen molar-refractivity contribution in [2.45, 2.75) is 26.3 Å². The molecule has 1 aliphatic heterocycles. The minimum absolute atomic E-state index is 0.284. The first-order valence-electron chi connectivity index (χ1n) is 7.69. The van der Waals surface area contributed by atoms with E-state index in [9.17, 15) is 4.79 Å². The maximum absolute atomic E-state index is 11.9. The van der Waals surface area contributed by atoms with Gasteiger partial charge >= 0.3 is 5.97 Å². The first-order chi connectivity index (χ1) is 10.1. The average Bonchev–Trinajstić information content (AvgIpc) is 2.81. The van der Waals surface area contributed by atoms with E-state index < -0.39 is 0 Å². The standard InChI is InChI=1S/C15H26N4O2/c1-4-21-15(20)13-9-17-19(3)14(13)11-18(2)10-12-6-5-7-16-8-12/h9,12,16H,4-8,10-11H2,1-3H3. The van der Waals surface area contributed by atoms with Gasteiger partial charge in [0.25, 0.3) is 0 Å². The van der Waals surface area contributed by atoms with E-state index in [2.05, 4.69) is 22.4 Å². The molecule has 1 atom stereocenters. The molecule has 1 fully saturated rings. The summed E-state index contributed by atoms with van der Waals surface area (Å²) in [5.74, 6) is 0.399. The SMILES string of the molecule is CCOC(=O)c1cnn(C)c1CN(C)CC1CCCNC1.